The van der Waals surface area contributed by atoms with Gasteiger partial charge in [-0.15, -0.1) is 0 Å². The van der Waals surface area contributed by atoms with Crippen LogP contribution in [0.5, 0.6) is 5.75 Å². The molecule has 1 aromatic heterocycles. The maximum absolute atomic E-state index is 13.1. The number of hydrogen-bond donors (Lipinski definition) is 1. The van der Waals surface area contributed by atoms with Crippen molar-refractivity contribution in [3.63, 3.8) is 0 Å². The fourth-order valence-electron chi connectivity index (χ4n) is 2.23. The molecule has 2 aromatic carbocycles. The highest BCUT2D eigenvalue weighted by Crippen LogP contribution is 2.31. The molecule has 0 bridgehead atoms. The number of methoxy groups -OCH3 is 1. The predicted octanol–water partition coefficient (Wildman–Crippen LogP) is 3.78. The second-order valence-corrected chi connectivity index (χ2v) is 4.18. The van der Waals surface area contributed by atoms with Gasteiger partial charge in [0.25, 0.3) is 0 Å². The maximum Gasteiger partial charge on any atom is 0.125 e. The van der Waals surface area contributed by atoms with E-state index >= 15 is 0 Å². The summed E-state index contributed by atoms with van der Waals surface area (Å²) in [6.45, 7) is 2.00. The van der Waals surface area contributed by atoms with Crippen molar-refractivity contribution in [1.82, 2.24) is 4.98 Å². The van der Waals surface area contributed by atoms with Crippen molar-refractivity contribution in [2.45, 2.75) is 6.92 Å². The molecule has 0 atom stereocenters. The molecule has 0 fully saturated rings. The Morgan fingerprint density at radius 2 is 1.82 bits per heavy atom. The Balaban J connectivity index is 2.43. The number of rotatable bonds is 1. The number of halogens is 1. The van der Waals surface area contributed by atoms with E-state index in [1.165, 1.54) is 12.1 Å². The minimum Gasteiger partial charge on any atom is -0.496 e. The van der Waals surface area contributed by atoms with Crippen molar-refractivity contribution in [3.05, 3.63) is 41.7 Å². The van der Waals surface area contributed by atoms with Gasteiger partial charge in [0.05, 0.1) is 12.6 Å². The van der Waals surface area contributed by atoms with E-state index in [4.69, 9.17) is 4.74 Å². The van der Waals surface area contributed by atoms with E-state index in [1.54, 1.807) is 13.2 Å². The van der Waals surface area contributed by atoms with Gasteiger partial charge in [0.1, 0.15) is 11.6 Å². The summed E-state index contributed by atoms with van der Waals surface area (Å²) in [4.78, 5) is 3.20. The molecule has 0 saturated heterocycles. The van der Waals surface area contributed by atoms with Crippen LogP contribution >= 0.6 is 0 Å². The van der Waals surface area contributed by atoms with Crippen LogP contribution in [-0.4, -0.2) is 12.1 Å². The Hall–Kier alpha value is -2.03. The van der Waals surface area contributed by atoms with Crippen LogP contribution in [-0.2, 0) is 0 Å². The fraction of sp³-hybridized carbons (Fsp3) is 0.143. The van der Waals surface area contributed by atoms with E-state index in [1.807, 2.05) is 13.0 Å². The number of H-pyrrole nitrogens is 1. The average molecular weight is 229 g/mol. The average Bonchev–Trinajstić information content (AvgIpc) is 2.64. The summed E-state index contributed by atoms with van der Waals surface area (Å²) in [7, 11) is 1.65. The van der Waals surface area contributed by atoms with Gasteiger partial charge in [-0.2, -0.15) is 0 Å². The Morgan fingerprint density at radius 1 is 1.06 bits per heavy atom. The van der Waals surface area contributed by atoms with Crippen molar-refractivity contribution in [2.75, 3.05) is 7.11 Å². The highest BCUT2D eigenvalue weighted by atomic mass is 19.1. The molecule has 0 aliphatic heterocycles. The summed E-state index contributed by atoms with van der Waals surface area (Å²) < 4.78 is 18.4. The van der Waals surface area contributed by atoms with Gasteiger partial charge in [-0.3, -0.25) is 0 Å². The third kappa shape index (κ3) is 1.46. The van der Waals surface area contributed by atoms with Crippen LogP contribution < -0.4 is 4.74 Å². The molecule has 17 heavy (non-hydrogen) atoms. The third-order valence-electron chi connectivity index (χ3n) is 3.08. The fourth-order valence-corrected chi connectivity index (χ4v) is 2.23. The van der Waals surface area contributed by atoms with Gasteiger partial charge in [0, 0.05) is 22.4 Å². The number of nitrogens with one attached hydrogen (secondary N) is 1. The smallest absolute Gasteiger partial charge is 0.125 e. The minimum absolute atomic E-state index is 0.229. The van der Waals surface area contributed by atoms with Gasteiger partial charge in [-0.05, 0) is 36.8 Å². The van der Waals surface area contributed by atoms with Crippen molar-refractivity contribution < 1.29 is 9.13 Å². The molecule has 0 saturated carbocycles. The van der Waals surface area contributed by atoms with Crippen molar-refractivity contribution in [3.8, 4) is 5.75 Å². The number of aromatic nitrogens is 1. The lowest BCUT2D eigenvalue weighted by Gasteiger charge is -2.03. The van der Waals surface area contributed by atoms with Gasteiger partial charge in [-0.25, -0.2) is 4.39 Å². The van der Waals surface area contributed by atoms with E-state index in [0.717, 1.165) is 33.1 Å². The van der Waals surface area contributed by atoms with Crippen LogP contribution in [0, 0.1) is 12.7 Å². The zero-order chi connectivity index (χ0) is 12.0. The lowest BCUT2D eigenvalue weighted by molar-refractivity contribution is 0.412. The van der Waals surface area contributed by atoms with Crippen LogP contribution in [0.2, 0.25) is 0 Å². The van der Waals surface area contributed by atoms with Crippen LogP contribution in [0.3, 0.4) is 0 Å². The van der Waals surface area contributed by atoms with Crippen LogP contribution in [0.4, 0.5) is 4.39 Å². The molecular weight excluding hydrogens is 217 g/mol. The number of fused-ring (bicyclic) bond motifs is 3. The lowest BCUT2D eigenvalue weighted by atomic mass is 10.1. The molecule has 86 valence electrons. The van der Waals surface area contributed by atoms with Crippen LogP contribution in [0.25, 0.3) is 21.8 Å². The summed E-state index contributed by atoms with van der Waals surface area (Å²) in [5.41, 5.74) is 2.85. The Kier molecular flexibility index (Phi) is 2.08. The normalized spacial score (nSPS) is 11.2. The summed E-state index contributed by atoms with van der Waals surface area (Å²) >= 11 is 0. The molecule has 0 aliphatic rings. The zero-order valence-electron chi connectivity index (χ0n) is 9.67. The first kappa shape index (κ1) is 10.1. The molecule has 2 nitrogen and oxygen atoms in total. The van der Waals surface area contributed by atoms with E-state index < -0.39 is 0 Å². The number of hydrogen-bond acceptors (Lipinski definition) is 1. The Bertz CT molecular complexity index is 715. The third-order valence-corrected chi connectivity index (χ3v) is 3.08. The van der Waals surface area contributed by atoms with Crippen LogP contribution in [0.15, 0.2) is 30.3 Å². The largest absolute Gasteiger partial charge is 0.496 e. The minimum atomic E-state index is -0.229. The molecule has 0 spiro atoms. The van der Waals surface area contributed by atoms with Crippen molar-refractivity contribution >= 4 is 21.8 Å². The summed E-state index contributed by atoms with van der Waals surface area (Å²) in [6.07, 6.45) is 0. The van der Waals surface area contributed by atoms with Gasteiger partial charge < -0.3 is 9.72 Å². The van der Waals surface area contributed by atoms with Gasteiger partial charge in [0.15, 0.2) is 0 Å². The van der Waals surface area contributed by atoms with Crippen molar-refractivity contribution in [2.24, 2.45) is 0 Å². The summed E-state index contributed by atoms with van der Waals surface area (Å²) in [5.74, 6) is 0.609. The molecule has 0 radical (unpaired) electrons. The predicted molar refractivity (Wildman–Crippen MR) is 67.1 cm³/mol. The van der Waals surface area contributed by atoms with Gasteiger partial charge in [0.2, 0.25) is 0 Å². The molecule has 3 aromatic rings. The topological polar surface area (TPSA) is 25.0 Å². The van der Waals surface area contributed by atoms with E-state index in [2.05, 4.69) is 11.1 Å². The Morgan fingerprint density at radius 3 is 2.59 bits per heavy atom. The quantitative estimate of drug-likeness (QED) is 0.675. The first-order valence-corrected chi connectivity index (χ1v) is 5.44. The highest BCUT2D eigenvalue weighted by Gasteiger charge is 2.08. The van der Waals surface area contributed by atoms with E-state index in [9.17, 15) is 4.39 Å². The maximum atomic E-state index is 13.1. The number of benzene rings is 2. The molecule has 0 amide bonds. The molecule has 3 heteroatoms. The second kappa shape index (κ2) is 3.48. The van der Waals surface area contributed by atoms with Crippen molar-refractivity contribution in [1.29, 1.82) is 0 Å². The number of ether oxygens (including phenoxy) is 1. The summed E-state index contributed by atoms with van der Waals surface area (Å²) in [6, 6.07) is 8.80. The van der Waals surface area contributed by atoms with Gasteiger partial charge in [-0.1, -0.05) is 0 Å². The number of aromatic amines is 1. The number of aryl methyl sites for hydroxylation is 1. The zero-order valence-corrected chi connectivity index (χ0v) is 9.67. The molecule has 1 heterocycles. The van der Waals surface area contributed by atoms with Gasteiger partial charge >= 0.3 is 0 Å². The molecule has 0 unspecified atom stereocenters. The first-order valence-electron chi connectivity index (χ1n) is 5.44. The second-order valence-electron chi connectivity index (χ2n) is 4.18. The molecule has 3 rings (SSSR count). The standard InChI is InChI=1S/C14H12FNO/c1-8-5-11-10-4-3-9(15)6-12(10)16-13(11)7-14(8)17-2/h3-7,16H,1-2H3. The lowest BCUT2D eigenvalue weighted by Crippen LogP contribution is -1.86. The first-order chi connectivity index (χ1) is 8.19. The Labute approximate surface area is 98.0 Å². The SMILES string of the molecule is COc1cc2[nH]c3cc(F)ccc3c2cc1C. The highest BCUT2D eigenvalue weighted by molar-refractivity contribution is 6.07. The monoisotopic (exact) mass is 229 g/mol. The molecule has 0 aliphatic carbocycles. The molecule has 1 N–H and O–H groups in total. The summed E-state index contributed by atoms with van der Waals surface area (Å²) in [5, 5.41) is 2.13. The van der Waals surface area contributed by atoms with Crippen LogP contribution in [0.1, 0.15) is 5.56 Å². The van der Waals surface area contributed by atoms with E-state index in [-0.39, 0.29) is 5.82 Å². The van der Waals surface area contributed by atoms with E-state index in [0.29, 0.717) is 0 Å². The molecular formula is C14H12FNO.